The molecule has 0 atom stereocenters. The van der Waals surface area contributed by atoms with Gasteiger partial charge in [0.05, 0.1) is 22.3 Å². The number of halogens is 2. The monoisotopic (exact) mass is 309 g/mol. The Morgan fingerprint density at radius 2 is 1.80 bits per heavy atom. The van der Waals surface area contributed by atoms with Crippen molar-refractivity contribution in [2.24, 2.45) is 0 Å². The average molecular weight is 310 g/mol. The second kappa shape index (κ2) is 5.61. The highest BCUT2D eigenvalue weighted by atomic mass is 35.5. The van der Waals surface area contributed by atoms with Gasteiger partial charge in [-0.05, 0) is 48.0 Å². The van der Waals surface area contributed by atoms with E-state index in [9.17, 15) is 12.8 Å². The summed E-state index contributed by atoms with van der Waals surface area (Å²) in [5.74, 6) is -1.01. The molecule has 0 spiro atoms. The molecular formula is C14H9ClFNO2S. The van der Waals surface area contributed by atoms with Gasteiger partial charge in [0.2, 0.25) is 0 Å². The summed E-state index contributed by atoms with van der Waals surface area (Å²) in [6.45, 7) is 0. The maximum absolute atomic E-state index is 13.3. The van der Waals surface area contributed by atoms with Gasteiger partial charge in [0.15, 0.2) is 9.84 Å². The Morgan fingerprint density at radius 1 is 1.15 bits per heavy atom. The molecule has 0 amide bonds. The van der Waals surface area contributed by atoms with Crippen LogP contribution in [0.2, 0.25) is 5.02 Å². The Bertz CT molecular complexity index is 780. The summed E-state index contributed by atoms with van der Waals surface area (Å²) in [6, 6.07) is 11.0. The lowest BCUT2D eigenvalue weighted by atomic mass is 10.1. The van der Waals surface area contributed by atoms with Crippen LogP contribution in [-0.4, -0.2) is 8.42 Å². The SMILES string of the molecule is N#Cc1cc(F)cc(CS(=O)(=O)c2ccc(Cl)cc2)c1. The van der Waals surface area contributed by atoms with Crippen LogP contribution in [0.25, 0.3) is 0 Å². The fourth-order valence-corrected chi connectivity index (χ4v) is 3.19. The van der Waals surface area contributed by atoms with Gasteiger partial charge < -0.3 is 0 Å². The number of nitriles is 1. The fraction of sp³-hybridized carbons (Fsp3) is 0.0714. The second-order valence-corrected chi connectivity index (χ2v) is 6.60. The molecular weight excluding hydrogens is 301 g/mol. The maximum atomic E-state index is 13.3. The summed E-state index contributed by atoms with van der Waals surface area (Å²) in [4.78, 5) is 0.102. The number of hydrogen-bond donors (Lipinski definition) is 0. The molecule has 0 aliphatic heterocycles. The Labute approximate surface area is 121 Å². The summed E-state index contributed by atoms with van der Waals surface area (Å²) < 4.78 is 37.6. The predicted octanol–water partition coefficient (Wildman–Crippen LogP) is 3.32. The molecule has 0 radical (unpaired) electrons. The smallest absolute Gasteiger partial charge is 0.182 e. The van der Waals surface area contributed by atoms with Crippen molar-refractivity contribution in [3.8, 4) is 6.07 Å². The highest BCUT2D eigenvalue weighted by Gasteiger charge is 2.16. The van der Waals surface area contributed by atoms with E-state index in [1.165, 1.54) is 30.3 Å². The average Bonchev–Trinajstić information content (AvgIpc) is 2.37. The molecule has 0 aliphatic rings. The molecule has 2 aromatic rings. The third-order valence-corrected chi connectivity index (χ3v) is 4.57. The molecule has 102 valence electrons. The van der Waals surface area contributed by atoms with Crippen LogP contribution in [0.15, 0.2) is 47.4 Å². The van der Waals surface area contributed by atoms with E-state index in [2.05, 4.69) is 0 Å². The van der Waals surface area contributed by atoms with E-state index in [0.29, 0.717) is 5.02 Å². The first kappa shape index (κ1) is 14.5. The van der Waals surface area contributed by atoms with E-state index >= 15 is 0 Å². The van der Waals surface area contributed by atoms with Crippen molar-refractivity contribution < 1.29 is 12.8 Å². The Morgan fingerprint density at radius 3 is 2.40 bits per heavy atom. The lowest BCUT2D eigenvalue weighted by molar-refractivity contribution is 0.594. The molecule has 0 fully saturated rings. The van der Waals surface area contributed by atoms with Crippen LogP contribution >= 0.6 is 11.6 Å². The number of sulfone groups is 1. The first-order valence-corrected chi connectivity index (χ1v) is 7.61. The minimum absolute atomic E-state index is 0.0892. The molecule has 0 aliphatic carbocycles. The van der Waals surface area contributed by atoms with E-state index < -0.39 is 15.7 Å². The van der Waals surface area contributed by atoms with E-state index in [-0.39, 0.29) is 21.8 Å². The quantitative estimate of drug-likeness (QED) is 0.874. The van der Waals surface area contributed by atoms with Crippen molar-refractivity contribution in [1.82, 2.24) is 0 Å². The van der Waals surface area contributed by atoms with Crippen molar-refractivity contribution in [3.05, 3.63) is 64.4 Å². The molecule has 6 heteroatoms. The lowest BCUT2D eigenvalue weighted by Crippen LogP contribution is -2.05. The summed E-state index contributed by atoms with van der Waals surface area (Å²) >= 11 is 5.70. The normalized spacial score (nSPS) is 11.1. The van der Waals surface area contributed by atoms with Gasteiger partial charge in [0, 0.05) is 5.02 Å². The van der Waals surface area contributed by atoms with Crippen LogP contribution in [-0.2, 0) is 15.6 Å². The zero-order valence-electron chi connectivity index (χ0n) is 10.2. The van der Waals surface area contributed by atoms with Crippen LogP contribution < -0.4 is 0 Å². The zero-order valence-corrected chi connectivity index (χ0v) is 11.7. The Kier molecular flexibility index (Phi) is 4.07. The standard InChI is InChI=1S/C14H9ClFNO2S/c15-12-1-3-14(4-2-12)20(18,19)9-11-5-10(8-17)6-13(16)7-11/h1-7H,9H2. The summed E-state index contributed by atoms with van der Waals surface area (Å²) in [5.41, 5.74) is 0.322. The van der Waals surface area contributed by atoms with Gasteiger partial charge in [-0.3, -0.25) is 0 Å². The van der Waals surface area contributed by atoms with Gasteiger partial charge in [-0.2, -0.15) is 5.26 Å². The van der Waals surface area contributed by atoms with E-state index in [1.807, 2.05) is 0 Å². The number of benzene rings is 2. The van der Waals surface area contributed by atoms with Gasteiger partial charge in [-0.25, -0.2) is 12.8 Å². The van der Waals surface area contributed by atoms with Crippen molar-refractivity contribution in [2.75, 3.05) is 0 Å². The highest BCUT2D eigenvalue weighted by Crippen LogP contribution is 2.20. The number of nitrogens with zero attached hydrogens (tertiary/aromatic N) is 1. The third-order valence-electron chi connectivity index (χ3n) is 2.62. The molecule has 20 heavy (non-hydrogen) atoms. The van der Waals surface area contributed by atoms with Gasteiger partial charge >= 0.3 is 0 Å². The van der Waals surface area contributed by atoms with Crippen LogP contribution in [0.3, 0.4) is 0 Å². The van der Waals surface area contributed by atoms with Crippen LogP contribution in [0, 0.1) is 17.1 Å². The molecule has 0 saturated heterocycles. The van der Waals surface area contributed by atoms with E-state index in [0.717, 1.165) is 12.1 Å². The fourth-order valence-electron chi connectivity index (χ4n) is 1.74. The molecule has 0 unspecified atom stereocenters. The first-order chi connectivity index (χ1) is 9.40. The van der Waals surface area contributed by atoms with Crippen molar-refractivity contribution in [2.45, 2.75) is 10.6 Å². The van der Waals surface area contributed by atoms with Crippen molar-refractivity contribution in [1.29, 1.82) is 5.26 Å². The van der Waals surface area contributed by atoms with Crippen LogP contribution in [0.5, 0.6) is 0 Å². The molecule has 0 bridgehead atoms. The van der Waals surface area contributed by atoms with Gasteiger partial charge in [0.1, 0.15) is 5.82 Å². The molecule has 3 nitrogen and oxygen atoms in total. The molecule has 0 aromatic heterocycles. The second-order valence-electron chi connectivity index (χ2n) is 4.17. The molecule has 0 heterocycles. The van der Waals surface area contributed by atoms with Gasteiger partial charge in [0.25, 0.3) is 0 Å². The minimum atomic E-state index is -3.61. The van der Waals surface area contributed by atoms with Gasteiger partial charge in [-0.15, -0.1) is 0 Å². The summed E-state index contributed by atoms with van der Waals surface area (Å²) in [5, 5.41) is 9.18. The van der Waals surface area contributed by atoms with E-state index in [4.69, 9.17) is 16.9 Å². The van der Waals surface area contributed by atoms with Gasteiger partial charge in [-0.1, -0.05) is 11.6 Å². The Balaban J connectivity index is 2.36. The lowest BCUT2D eigenvalue weighted by Gasteiger charge is -2.05. The minimum Gasteiger partial charge on any atom is -0.223 e. The van der Waals surface area contributed by atoms with Crippen molar-refractivity contribution in [3.63, 3.8) is 0 Å². The van der Waals surface area contributed by atoms with Crippen LogP contribution in [0.1, 0.15) is 11.1 Å². The largest absolute Gasteiger partial charge is 0.223 e. The maximum Gasteiger partial charge on any atom is 0.182 e. The highest BCUT2D eigenvalue weighted by molar-refractivity contribution is 7.90. The molecule has 2 rings (SSSR count). The number of rotatable bonds is 3. The topological polar surface area (TPSA) is 57.9 Å². The summed E-state index contributed by atoms with van der Waals surface area (Å²) in [6.07, 6.45) is 0. The van der Waals surface area contributed by atoms with Crippen LogP contribution in [0.4, 0.5) is 4.39 Å². The summed E-state index contributed by atoms with van der Waals surface area (Å²) in [7, 11) is -3.61. The van der Waals surface area contributed by atoms with Crippen molar-refractivity contribution >= 4 is 21.4 Å². The number of hydrogen-bond acceptors (Lipinski definition) is 3. The Hall–Kier alpha value is -1.90. The van der Waals surface area contributed by atoms with E-state index in [1.54, 1.807) is 6.07 Å². The molecule has 2 aromatic carbocycles. The third kappa shape index (κ3) is 3.35. The molecule has 0 N–H and O–H groups in total. The first-order valence-electron chi connectivity index (χ1n) is 5.58. The molecule has 0 saturated carbocycles. The zero-order chi connectivity index (χ0) is 14.8. The predicted molar refractivity (Wildman–Crippen MR) is 73.5 cm³/mol.